The highest BCUT2D eigenvalue weighted by molar-refractivity contribution is 5.94. The first-order chi connectivity index (χ1) is 8.71. The lowest BCUT2D eigenvalue weighted by Crippen LogP contribution is -2.34. The molecule has 0 heterocycles. The van der Waals surface area contributed by atoms with Crippen molar-refractivity contribution in [3.05, 3.63) is 35.4 Å². The topological polar surface area (TPSA) is 56.1 Å². The van der Waals surface area contributed by atoms with Gasteiger partial charge in [0, 0.05) is 18.7 Å². The van der Waals surface area contributed by atoms with Gasteiger partial charge in [-0.15, -0.1) is 0 Å². The lowest BCUT2D eigenvalue weighted by atomic mass is 10.1. The van der Waals surface area contributed by atoms with E-state index in [1.54, 1.807) is 24.3 Å². The summed E-state index contributed by atoms with van der Waals surface area (Å²) in [5.41, 5.74) is 1.04. The third-order valence-electron chi connectivity index (χ3n) is 2.86. The molecule has 4 nitrogen and oxygen atoms in total. The van der Waals surface area contributed by atoms with Gasteiger partial charge in [0.05, 0.1) is 11.6 Å². The van der Waals surface area contributed by atoms with E-state index >= 15 is 0 Å². The smallest absolute Gasteiger partial charge is 0.251 e. The standard InChI is InChI=1S/C14H19N3O/c1-3-17(4-2)9-8-16-14(18)13-7-5-6-12(10-13)11-15/h5-7,10H,3-4,8-9H2,1-2H3,(H,16,18). The van der Waals surface area contributed by atoms with E-state index in [0.29, 0.717) is 17.7 Å². The van der Waals surface area contributed by atoms with E-state index in [1.165, 1.54) is 0 Å². The van der Waals surface area contributed by atoms with E-state index < -0.39 is 0 Å². The van der Waals surface area contributed by atoms with Crippen LogP contribution in [0, 0.1) is 11.3 Å². The monoisotopic (exact) mass is 245 g/mol. The fourth-order valence-electron chi connectivity index (χ4n) is 1.70. The summed E-state index contributed by atoms with van der Waals surface area (Å²) in [7, 11) is 0. The molecule has 0 aliphatic rings. The van der Waals surface area contributed by atoms with Crippen LogP contribution in [0.25, 0.3) is 0 Å². The first kappa shape index (κ1) is 14.2. The lowest BCUT2D eigenvalue weighted by Gasteiger charge is -2.17. The molecule has 0 radical (unpaired) electrons. The normalized spacial score (nSPS) is 10.1. The van der Waals surface area contributed by atoms with Crippen molar-refractivity contribution in [2.24, 2.45) is 0 Å². The number of likely N-dealkylation sites (N-methyl/N-ethyl adjacent to an activating group) is 1. The van der Waals surface area contributed by atoms with Crippen molar-refractivity contribution < 1.29 is 4.79 Å². The summed E-state index contributed by atoms with van der Waals surface area (Å²) in [5.74, 6) is -0.126. The molecule has 0 saturated heterocycles. The van der Waals surface area contributed by atoms with Crippen LogP contribution in [0.2, 0.25) is 0 Å². The lowest BCUT2D eigenvalue weighted by molar-refractivity contribution is 0.0949. The van der Waals surface area contributed by atoms with Crippen molar-refractivity contribution in [3.63, 3.8) is 0 Å². The zero-order valence-corrected chi connectivity index (χ0v) is 10.9. The molecule has 1 rings (SSSR count). The van der Waals surface area contributed by atoms with E-state index in [-0.39, 0.29) is 5.91 Å². The van der Waals surface area contributed by atoms with Crippen LogP contribution in [0.5, 0.6) is 0 Å². The van der Waals surface area contributed by atoms with Gasteiger partial charge in [-0.2, -0.15) is 5.26 Å². The number of carbonyl (C=O) groups is 1. The molecule has 0 bridgehead atoms. The van der Waals surface area contributed by atoms with Crippen LogP contribution in [0.1, 0.15) is 29.8 Å². The molecule has 18 heavy (non-hydrogen) atoms. The third kappa shape index (κ3) is 4.19. The maximum atomic E-state index is 11.8. The summed E-state index contributed by atoms with van der Waals surface area (Å²) >= 11 is 0. The highest BCUT2D eigenvalue weighted by Gasteiger charge is 2.06. The minimum Gasteiger partial charge on any atom is -0.351 e. The first-order valence-electron chi connectivity index (χ1n) is 6.22. The molecule has 1 amide bonds. The summed E-state index contributed by atoms with van der Waals surface area (Å²) in [4.78, 5) is 14.1. The number of carbonyl (C=O) groups excluding carboxylic acids is 1. The minimum atomic E-state index is -0.126. The maximum Gasteiger partial charge on any atom is 0.251 e. The largest absolute Gasteiger partial charge is 0.351 e. The molecule has 0 unspecified atom stereocenters. The SMILES string of the molecule is CCN(CC)CCNC(=O)c1cccc(C#N)c1. The van der Waals surface area contributed by atoms with Crippen molar-refractivity contribution in [1.29, 1.82) is 5.26 Å². The van der Waals surface area contributed by atoms with Gasteiger partial charge in [0.15, 0.2) is 0 Å². The molecule has 0 spiro atoms. The van der Waals surface area contributed by atoms with Crippen molar-refractivity contribution >= 4 is 5.91 Å². The minimum absolute atomic E-state index is 0.126. The Kier molecular flexibility index (Phi) is 5.89. The Morgan fingerprint density at radius 2 is 2.11 bits per heavy atom. The summed E-state index contributed by atoms with van der Waals surface area (Å²) in [6.45, 7) is 7.63. The molecule has 0 aromatic heterocycles. The summed E-state index contributed by atoms with van der Waals surface area (Å²) < 4.78 is 0. The predicted molar refractivity (Wildman–Crippen MR) is 71.3 cm³/mol. The van der Waals surface area contributed by atoms with Gasteiger partial charge < -0.3 is 10.2 Å². The number of hydrogen-bond acceptors (Lipinski definition) is 3. The molecule has 4 heteroatoms. The molecule has 0 fully saturated rings. The zero-order chi connectivity index (χ0) is 13.4. The van der Waals surface area contributed by atoms with Crippen molar-refractivity contribution in [1.82, 2.24) is 10.2 Å². The number of benzene rings is 1. The molecule has 0 saturated carbocycles. The molecular formula is C14H19N3O. The number of amides is 1. The van der Waals surface area contributed by atoms with Gasteiger partial charge in [0.1, 0.15) is 0 Å². The third-order valence-corrected chi connectivity index (χ3v) is 2.86. The van der Waals surface area contributed by atoms with Crippen LogP contribution in [-0.2, 0) is 0 Å². The van der Waals surface area contributed by atoms with E-state index in [2.05, 4.69) is 24.1 Å². The molecule has 0 aliphatic carbocycles. The Hall–Kier alpha value is -1.86. The second-order valence-corrected chi connectivity index (χ2v) is 3.98. The average Bonchev–Trinajstić information content (AvgIpc) is 2.43. The number of rotatable bonds is 6. The van der Waals surface area contributed by atoms with Gasteiger partial charge in [-0.05, 0) is 31.3 Å². The van der Waals surface area contributed by atoms with E-state index in [4.69, 9.17) is 5.26 Å². The van der Waals surface area contributed by atoms with Crippen LogP contribution in [0.15, 0.2) is 24.3 Å². The van der Waals surface area contributed by atoms with Crippen molar-refractivity contribution in [2.45, 2.75) is 13.8 Å². The molecule has 0 atom stereocenters. The van der Waals surface area contributed by atoms with E-state index in [0.717, 1.165) is 19.6 Å². The number of nitrogens with zero attached hydrogens (tertiary/aromatic N) is 2. The Bertz CT molecular complexity index is 433. The van der Waals surface area contributed by atoms with Crippen LogP contribution < -0.4 is 5.32 Å². The van der Waals surface area contributed by atoms with Gasteiger partial charge in [0.25, 0.3) is 5.91 Å². The molecule has 0 aliphatic heterocycles. The van der Waals surface area contributed by atoms with Crippen LogP contribution in [0.4, 0.5) is 0 Å². The number of nitrogens with one attached hydrogen (secondary N) is 1. The second kappa shape index (κ2) is 7.46. The van der Waals surface area contributed by atoms with Gasteiger partial charge >= 0.3 is 0 Å². The quantitative estimate of drug-likeness (QED) is 0.828. The predicted octanol–water partition coefficient (Wildman–Crippen LogP) is 1.63. The van der Waals surface area contributed by atoms with Gasteiger partial charge in [-0.1, -0.05) is 19.9 Å². The van der Waals surface area contributed by atoms with Gasteiger partial charge in [-0.3, -0.25) is 4.79 Å². The summed E-state index contributed by atoms with van der Waals surface area (Å²) in [6.07, 6.45) is 0. The first-order valence-corrected chi connectivity index (χ1v) is 6.22. The highest BCUT2D eigenvalue weighted by atomic mass is 16.1. The van der Waals surface area contributed by atoms with Crippen molar-refractivity contribution in [3.8, 4) is 6.07 Å². The number of hydrogen-bond donors (Lipinski definition) is 1. The molecule has 1 aromatic rings. The Labute approximate surface area is 108 Å². The summed E-state index contributed by atoms with van der Waals surface area (Å²) in [6, 6.07) is 8.75. The highest BCUT2D eigenvalue weighted by Crippen LogP contribution is 2.03. The van der Waals surface area contributed by atoms with Crippen LogP contribution in [0.3, 0.4) is 0 Å². The Morgan fingerprint density at radius 1 is 1.39 bits per heavy atom. The Morgan fingerprint density at radius 3 is 2.72 bits per heavy atom. The molecular weight excluding hydrogens is 226 g/mol. The molecule has 1 N–H and O–H groups in total. The molecule has 96 valence electrons. The van der Waals surface area contributed by atoms with Crippen molar-refractivity contribution in [2.75, 3.05) is 26.2 Å². The van der Waals surface area contributed by atoms with Gasteiger partial charge in [0.2, 0.25) is 0 Å². The molecule has 1 aromatic carbocycles. The second-order valence-electron chi connectivity index (χ2n) is 3.98. The maximum absolute atomic E-state index is 11.8. The van der Waals surface area contributed by atoms with Gasteiger partial charge in [-0.25, -0.2) is 0 Å². The van der Waals surface area contributed by atoms with E-state index in [9.17, 15) is 4.79 Å². The Balaban J connectivity index is 2.48. The fourth-order valence-corrected chi connectivity index (χ4v) is 1.70. The average molecular weight is 245 g/mol. The zero-order valence-electron chi connectivity index (χ0n) is 10.9. The van der Waals surface area contributed by atoms with Crippen LogP contribution in [-0.4, -0.2) is 37.0 Å². The van der Waals surface area contributed by atoms with Crippen LogP contribution >= 0.6 is 0 Å². The summed E-state index contributed by atoms with van der Waals surface area (Å²) in [5, 5.41) is 11.6. The fraction of sp³-hybridized carbons (Fsp3) is 0.429. The van der Waals surface area contributed by atoms with E-state index in [1.807, 2.05) is 6.07 Å². The number of nitriles is 1.